The third kappa shape index (κ3) is 2.09. The fourth-order valence-corrected chi connectivity index (χ4v) is 3.67. The average molecular weight is 309 g/mol. The number of fused-ring (bicyclic) bond motifs is 3. The number of aromatic nitrogens is 2. The minimum Gasteiger partial charge on any atom is -0.450 e. The topological polar surface area (TPSA) is 116 Å². The number of hydrogen-bond acceptors (Lipinski definition) is 7. The summed E-state index contributed by atoms with van der Waals surface area (Å²) < 4.78 is 5.86. The smallest absolute Gasteiger partial charge is 0.410 e. The second kappa shape index (κ2) is 4.92. The molecule has 1 aliphatic rings. The highest BCUT2D eigenvalue weighted by Gasteiger charge is 2.27. The number of thiophene rings is 1. The van der Waals surface area contributed by atoms with E-state index in [-0.39, 0.29) is 17.6 Å². The molecule has 2 aromatic heterocycles. The van der Waals surface area contributed by atoms with Gasteiger partial charge in [0.2, 0.25) is 5.95 Å². The molecule has 0 bridgehead atoms. The second-order valence-electron chi connectivity index (χ2n) is 4.70. The van der Waals surface area contributed by atoms with E-state index in [1.54, 1.807) is 11.8 Å². The lowest BCUT2D eigenvalue weighted by molar-refractivity contribution is 0.103. The molecule has 4 N–H and O–H groups in total. The Labute approximate surface area is 123 Å². The Bertz CT molecular complexity index is 781. The first-order valence-electron chi connectivity index (χ1n) is 6.52. The number of nitrogens with zero attached hydrogens (tertiary/aromatic N) is 3. The van der Waals surface area contributed by atoms with Crippen LogP contribution in [-0.2, 0) is 17.7 Å². The summed E-state index contributed by atoms with van der Waals surface area (Å²) in [6, 6.07) is 0. The summed E-state index contributed by atoms with van der Waals surface area (Å²) in [7, 11) is 0. The first-order chi connectivity index (χ1) is 10.0. The van der Waals surface area contributed by atoms with Gasteiger partial charge < -0.3 is 21.2 Å². The Balaban J connectivity index is 2.05. The number of carbonyl (C=O) groups is 1. The van der Waals surface area contributed by atoms with Gasteiger partial charge in [-0.3, -0.25) is 4.79 Å². The van der Waals surface area contributed by atoms with Crippen molar-refractivity contribution in [2.45, 2.75) is 19.9 Å². The molecule has 0 fully saturated rings. The number of rotatable bonds is 1. The Morgan fingerprint density at radius 1 is 1.52 bits per heavy atom. The highest BCUT2D eigenvalue weighted by molar-refractivity contribution is 7.18. The Hall–Kier alpha value is -2.29. The maximum absolute atomic E-state index is 12.2. The van der Waals surface area contributed by atoms with Crippen LogP contribution in [0.3, 0.4) is 0 Å². The van der Waals surface area contributed by atoms with Gasteiger partial charge in [0, 0.05) is 11.4 Å². The van der Waals surface area contributed by atoms with E-state index in [4.69, 9.17) is 16.3 Å². The van der Waals surface area contributed by atoms with Crippen LogP contribution in [0.4, 0.5) is 10.7 Å². The minimum atomic E-state index is -0.348. The van der Waals surface area contributed by atoms with Gasteiger partial charge in [-0.1, -0.05) is 0 Å². The van der Waals surface area contributed by atoms with Gasteiger partial charge in [0.1, 0.15) is 4.83 Å². The summed E-state index contributed by atoms with van der Waals surface area (Å²) in [6.07, 6.45) is 0.235. The molecule has 0 unspecified atom stereocenters. The van der Waals surface area contributed by atoms with Crippen molar-refractivity contribution in [3.63, 3.8) is 0 Å². The molecule has 2 aromatic rings. The van der Waals surface area contributed by atoms with Crippen molar-refractivity contribution in [2.75, 3.05) is 24.7 Å². The van der Waals surface area contributed by atoms with E-state index < -0.39 is 0 Å². The van der Waals surface area contributed by atoms with Gasteiger partial charge in [-0.15, -0.1) is 11.3 Å². The number of nitrogens with two attached hydrogens (primary N) is 2. The molecule has 0 saturated heterocycles. The second-order valence-corrected chi connectivity index (χ2v) is 5.78. The largest absolute Gasteiger partial charge is 0.450 e. The van der Waals surface area contributed by atoms with Gasteiger partial charge >= 0.3 is 6.09 Å². The van der Waals surface area contributed by atoms with Crippen molar-refractivity contribution in [2.24, 2.45) is 0 Å². The molecule has 1 aliphatic heterocycles. The van der Waals surface area contributed by atoms with Crippen molar-refractivity contribution in [1.29, 1.82) is 0 Å². The van der Waals surface area contributed by atoms with E-state index in [0.717, 1.165) is 15.1 Å². The van der Waals surface area contributed by atoms with Crippen molar-refractivity contribution in [3.8, 4) is 0 Å². The van der Waals surface area contributed by atoms with Gasteiger partial charge in [0.05, 0.1) is 18.5 Å². The standard InChI is InChI=1S/C12H15N5O3S/c1-2-20-12(19)16-4-3-6-7(5-16)21-9-8(6)10(18)17(14)11(13)15-9/h2-5,14H2,1H3,(H2,13,15). The fraction of sp³-hybridized carbons (Fsp3) is 0.417. The number of ether oxygens (including phenoxy) is 1. The molecule has 8 nitrogen and oxygen atoms in total. The van der Waals surface area contributed by atoms with Crippen molar-refractivity contribution in [3.05, 3.63) is 20.8 Å². The van der Waals surface area contributed by atoms with Crippen molar-refractivity contribution < 1.29 is 9.53 Å². The van der Waals surface area contributed by atoms with Gasteiger partial charge in [0.15, 0.2) is 0 Å². The van der Waals surface area contributed by atoms with Crippen LogP contribution >= 0.6 is 11.3 Å². The Morgan fingerprint density at radius 2 is 2.29 bits per heavy atom. The summed E-state index contributed by atoms with van der Waals surface area (Å²) in [5.41, 5.74) is 6.17. The number of carbonyl (C=O) groups excluding carboxylic acids is 1. The molecule has 3 rings (SSSR count). The van der Waals surface area contributed by atoms with Gasteiger partial charge in [0.25, 0.3) is 5.56 Å². The molecule has 21 heavy (non-hydrogen) atoms. The molecule has 0 radical (unpaired) electrons. The van der Waals surface area contributed by atoms with Gasteiger partial charge in [-0.05, 0) is 18.9 Å². The highest BCUT2D eigenvalue weighted by Crippen LogP contribution is 2.32. The van der Waals surface area contributed by atoms with Crippen LogP contribution in [0.2, 0.25) is 0 Å². The average Bonchev–Trinajstić information content (AvgIpc) is 2.82. The summed E-state index contributed by atoms with van der Waals surface area (Å²) >= 11 is 1.37. The van der Waals surface area contributed by atoms with E-state index in [0.29, 0.717) is 36.3 Å². The monoisotopic (exact) mass is 309 g/mol. The Morgan fingerprint density at radius 3 is 3.00 bits per heavy atom. The maximum atomic E-state index is 12.2. The molecule has 9 heteroatoms. The molecular formula is C12H15N5O3S. The van der Waals surface area contributed by atoms with Crippen LogP contribution in [0.5, 0.6) is 0 Å². The molecule has 112 valence electrons. The molecular weight excluding hydrogens is 294 g/mol. The predicted molar refractivity (Wildman–Crippen MR) is 79.6 cm³/mol. The zero-order valence-corrected chi connectivity index (χ0v) is 12.3. The summed E-state index contributed by atoms with van der Waals surface area (Å²) in [4.78, 5) is 31.3. The lowest BCUT2D eigenvalue weighted by Crippen LogP contribution is -2.36. The molecule has 0 aromatic carbocycles. The normalized spacial score (nSPS) is 14.2. The van der Waals surface area contributed by atoms with Crippen molar-refractivity contribution in [1.82, 2.24) is 14.6 Å². The molecule has 1 amide bonds. The van der Waals surface area contributed by atoms with Crippen molar-refractivity contribution >= 4 is 33.6 Å². The summed E-state index contributed by atoms with van der Waals surface area (Å²) in [6.45, 7) is 3.03. The first-order valence-corrected chi connectivity index (χ1v) is 7.34. The van der Waals surface area contributed by atoms with Crippen LogP contribution in [-0.4, -0.2) is 33.8 Å². The van der Waals surface area contributed by atoms with E-state index >= 15 is 0 Å². The van der Waals surface area contributed by atoms with E-state index in [1.165, 1.54) is 11.3 Å². The van der Waals surface area contributed by atoms with Gasteiger partial charge in [-0.2, -0.15) is 4.68 Å². The number of amides is 1. The fourth-order valence-electron chi connectivity index (χ4n) is 2.44. The number of hydrogen-bond donors (Lipinski definition) is 2. The quantitative estimate of drug-likeness (QED) is 0.730. The lowest BCUT2D eigenvalue weighted by Gasteiger charge is -2.25. The highest BCUT2D eigenvalue weighted by atomic mass is 32.1. The predicted octanol–water partition coefficient (Wildman–Crippen LogP) is 0.269. The van der Waals surface area contributed by atoms with Crippen LogP contribution in [0, 0.1) is 0 Å². The molecule has 3 heterocycles. The Kier molecular flexibility index (Phi) is 3.20. The number of nitrogen functional groups attached to an aromatic ring is 2. The SMILES string of the molecule is CCOC(=O)N1CCc2c(sc3nc(N)n(N)c(=O)c23)C1. The van der Waals surface area contributed by atoms with E-state index in [2.05, 4.69) is 4.98 Å². The summed E-state index contributed by atoms with van der Waals surface area (Å²) in [5, 5.41) is 0.509. The van der Waals surface area contributed by atoms with Crippen LogP contribution < -0.4 is 17.1 Å². The third-order valence-electron chi connectivity index (χ3n) is 3.46. The molecule has 0 saturated carbocycles. The van der Waals surface area contributed by atoms with Crippen LogP contribution in [0.25, 0.3) is 10.2 Å². The first kappa shape index (κ1) is 13.7. The summed E-state index contributed by atoms with van der Waals surface area (Å²) in [5.74, 6) is 5.57. The number of anilines is 1. The molecule has 0 aliphatic carbocycles. The third-order valence-corrected chi connectivity index (χ3v) is 4.57. The van der Waals surface area contributed by atoms with Crippen LogP contribution in [0.15, 0.2) is 4.79 Å². The van der Waals surface area contributed by atoms with E-state index in [9.17, 15) is 9.59 Å². The van der Waals surface area contributed by atoms with Crippen LogP contribution in [0.1, 0.15) is 17.4 Å². The van der Waals surface area contributed by atoms with Gasteiger partial charge in [-0.25, -0.2) is 9.78 Å². The zero-order chi connectivity index (χ0) is 15.1. The lowest BCUT2D eigenvalue weighted by atomic mass is 10.1. The molecule has 0 spiro atoms. The maximum Gasteiger partial charge on any atom is 0.410 e. The zero-order valence-electron chi connectivity index (χ0n) is 11.5. The molecule has 0 atom stereocenters. The minimum absolute atomic E-state index is 0.0201. The van der Waals surface area contributed by atoms with E-state index in [1.807, 2.05) is 0 Å².